The predicted molar refractivity (Wildman–Crippen MR) is 77.6 cm³/mol. The number of hydrogen-bond donors (Lipinski definition) is 2. The Hall–Kier alpha value is -1.49. The third kappa shape index (κ3) is 4.24. The topological polar surface area (TPSA) is 55.1 Å². The lowest BCUT2D eigenvalue weighted by molar-refractivity contribution is -0.120. The number of carbonyl (C=O) groups excluding carboxylic acids is 1. The van der Waals surface area contributed by atoms with Crippen LogP contribution in [0.4, 0.5) is 8.78 Å². The van der Waals surface area contributed by atoms with E-state index in [-0.39, 0.29) is 17.9 Å². The Morgan fingerprint density at radius 2 is 1.95 bits per heavy atom. The van der Waals surface area contributed by atoms with Crippen molar-refractivity contribution in [3.05, 3.63) is 35.4 Å². The molecule has 2 rings (SSSR count). The maximum absolute atomic E-state index is 13.5. The largest absolute Gasteiger partial charge is 0.356 e. The molecule has 0 bridgehead atoms. The van der Waals surface area contributed by atoms with Gasteiger partial charge >= 0.3 is 0 Å². The lowest BCUT2D eigenvalue weighted by Gasteiger charge is -2.30. The van der Waals surface area contributed by atoms with Gasteiger partial charge in [0.25, 0.3) is 0 Å². The first kappa shape index (κ1) is 15.9. The highest BCUT2D eigenvalue weighted by Crippen LogP contribution is 2.28. The minimum absolute atomic E-state index is 0.0894. The van der Waals surface area contributed by atoms with Crippen molar-refractivity contribution in [3.63, 3.8) is 0 Å². The van der Waals surface area contributed by atoms with Crippen LogP contribution in [0.1, 0.15) is 31.2 Å². The van der Waals surface area contributed by atoms with Gasteiger partial charge in [0, 0.05) is 12.1 Å². The lowest BCUT2D eigenvalue weighted by atomic mass is 9.79. The quantitative estimate of drug-likeness (QED) is 0.876. The molecule has 1 saturated carbocycles. The molecule has 0 radical (unpaired) electrons. The SMILES string of the molecule is NCC1CCCCC1CNC(=O)Cc1cccc(F)c1F. The summed E-state index contributed by atoms with van der Waals surface area (Å²) in [7, 11) is 0. The van der Waals surface area contributed by atoms with Gasteiger partial charge in [-0.1, -0.05) is 25.0 Å². The van der Waals surface area contributed by atoms with Crippen molar-refractivity contribution in [3.8, 4) is 0 Å². The first-order chi connectivity index (χ1) is 10.1. The van der Waals surface area contributed by atoms with Gasteiger partial charge in [-0.25, -0.2) is 8.78 Å². The number of halogens is 2. The molecule has 1 aliphatic rings. The maximum atomic E-state index is 13.5. The van der Waals surface area contributed by atoms with Crippen molar-refractivity contribution >= 4 is 5.91 Å². The summed E-state index contributed by atoms with van der Waals surface area (Å²) in [5.41, 5.74) is 5.85. The molecule has 0 heterocycles. The van der Waals surface area contributed by atoms with Gasteiger partial charge in [-0.15, -0.1) is 0 Å². The zero-order valence-corrected chi connectivity index (χ0v) is 12.1. The average Bonchev–Trinajstić information content (AvgIpc) is 2.50. The number of nitrogens with one attached hydrogen (secondary N) is 1. The van der Waals surface area contributed by atoms with E-state index in [1.54, 1.807) is 0 Å². The Kier molecular flexibility index (Phi) is 5.67. The number of rotatable bonds is 5. The van der Waals surface area contributed by atoms with Crippen LogP contribution in [0, 0.1) is 23.5 Å². The maximum Gasteiger partial charge on any atom is 0.224 e. The zero-order chi connectivity index (χ0) is 15.2. The Morgan fingerprint density at radius 1 is 1.24 bits per heavy atom. The minimum atomic E-state index is -0.940. The summed E-state index contributed by atoms with van der Waals surface area (Å²) in [4.78, 5) is 11.9. The third-order valence-electron chi connectivity index (χ3n) is 4.31. The van der Waals surface area contributed by atoms with Gasteiger partial charge < -0.3 is 11.1 Å². The Morgan fingerprint density at radius 3 is 2.67 bits per heavy atom. The Bertz CT molecular complexity index is 493. The molecule has 1 fully saturated rings. The summed E-state index contributed by atoms with van der Waals surface area (Å²) in [6, 6.07) is 3.89. The van der Waals surface area contributed by atoms with Crippen molar-refractivity contribution in [1.29, 1.82) is 0 Å². The van der Waals surface area contributed by atoms with E-state index in [2.05, 4.69) is 5.32 Å². The number of carbonyl (C=O) groups is 1. The van der Waals surface area contributed by atoms with Crippen LogP contribution in [-0.2, 0) is 11.2 Å². The van der Waals surface area contributed by atoms with Crippen molar-refractivity contribution in [2.75, 3.05) is 13.1 Å². The molecular formula is C16H22F2N2O. The molecule has 1 aromatic rings. The second-order valence-corrected chi connectivity index (χ2v) is 5.73. The van der Waals surface area contributed by atoms with Gasteiger partial charge in [-0.2, -0.15) is 0 Å². The molecule has 0 saturated heterocycles. The van der Waals surface area contributed by atoms with E-state index >= 15 is 0 Å². The molecule has 21 heavy (non-hydrogen) atoms. The highest BCUT2D eigenvalue weighted by molar-refractivity contribution is 5.78. The summed E-state index contributed by atoms with van der Waals surface area (Å²) in [6.07, 6.45) is 4.39. The minimum Gasteiger partial charge on any atom is -0.356 e. The molecule has 0 spiro atoms. The molecule has 2 unspecified atom stereocenters. The summed E-state index contributed by atoms with van der Waals surface area (Å²) in [6.45, 7) is 1.21. The predicted octanol–water partition coefficient (Wildman–Crippen LogP) is 2.39. The Labute approximate surface area is 123 Å². The summed E-state index contributed by atoms with van der Waals surface area (Å²) < 4.78 is 26.6. The van der Waals surface area contributed by atoms with E-state index in [0.29, 0.717) is 24.9 Å². The van der Waals surface area contributed by atoms with Crippen LogP contribution in [0.25, 0.3) is 0 Å². The molecule has 1 aromatic carbocycles. The summed E-state index contributed by atoms with van der Waals surface area (Å²) >= 11 is 0. The molecule has 116 valence electrons. The van der Waals surface area contributed by atoms with Crippen molar-refractivity contribution in [1.82, 2.24) is 5.32 Å². The van der Waals surface area contributed by atoms with E-state index in [1.165, 1.54) is 18.6 Å². The average molecular weight is 296 g/mol. The van der Waals surface area contributed by atoms with Gasteiger partial charge in [0.1, 0.15) is 0 Å². The molecule has 1 amide bonds. The van der Waals surface area contributed by atoms with Crippen LogP contribution >= 0.6 is 0 Å². The first-order valence-electron chi connectivity index (χ1n) is 7.51. The van der Waals surface area contributed by atoms with Gasteiger partial charge in [-0.3, -0.25) is 4.79 Å². The summed E-state index contributed by atoms with van der Waals surface area (Å²) in [5.74, 6) is -1.29. The fourth-order valence-corrected chi connectivity index (χ4v) is 3.03. The molecule has 3 nitrogen and oxygen atoms in total. The van der Waals surface area contributed by atoms with E-state index in [9.17, 15) is 13.6 Å². The standard InChI is InChI=1S/C16H22F2N2O/c17-14-7-3-6-11(16(14)18)8-15(21)20-10-13-5-2-1-4-12(13)9-19/h3,6-7,12-13H,1-2,4-5,8-10,19H2,(H,20,21). The highest BCUT2D eigenvalue weighted by atomic mass is 19.2. The molecule has 0 aliphatic heterocycles. The van der Waals surface area contributed by atoms with Crippen LogP contribution in [-0.4, -0.2) is 19.0 Å². The summed E-state index contributed by atoms with van der Waals surface area (Å²) in [5, 5.41) is 2.83. The fourth-order valence-electron chi connectivity index (χ4n) is 3.03. The van der Waals surface area contributed by atoms with Crippen LogP contribution < -0.4 is 11.1 Å². The van der Waals surface area contributed by atoms with Crippen LogP contribution in [0.2, 0.25) is 0 Å². The van der Waals surface area contributed by atoms with E-state index in [4.69, 9.17) is 5.73 Å². The van der Waals surface area contributed by atoms with E-state index < -0.39 is 11.6 Å². The van der Waals surface area contributed by atoms with E-state index in [0.717, 1.165) is 25.3 Å². The molecular weight excluding hydrogens is 274 g/mol. The monoisotopic (exact) mass is 296 g/mol. The molecule has 2 atom stereocenters. The van der Waals surface area contributed by atoms with Gasteiger partial charge in [0.15, 0.2) is 11.6 Å². The second kappa shape index (κ2) is 7.50. The van der Waals surface area contributed by atoms with Crippen molar-refractivity contribution in [2.24, 2.45) is 17.6 Å². The lowest BCUT2D eigenvalue weighted by Crippen LogP contribution is -2.37. The Balaban J connectivity index is 1.85. The van der Waals surface area contributed by atoms with E-state index in [1.807, 2.05) is 0 Å². The zero-order valence-electron chi connectivity index (χ0n) is 12.1. The normalized spacial score (nSPS) is 22.0. The second-order valence-electron chi connectivity index (χ2n) is 5.73. The first-order valence-corrected chi connectivity index (χ1v) is 7.51. The van der Waals surface area contributed by atoms with Gasteiger partial charge in [0.2, 0.25) is 5.91 Å². The number of benzene rings is 1. The molecule has 5 heteroatoms. The molecule has 3 N–H and O–H groups in total. The molecule has 0 aromatic heterocycles. The number of hydrogen-bond acceptors (Lipinski definition) is 2. The van der Waals surface area contributed by atoms with Crippen molar-refractivity contribution in [2.45, 2.75) is 32.1 Å². The van der Waals surface area contributed by atoms with Crippen LogP contribution in [0.5, 0.6) is 0 Å². The van der Waals surface area contributed by atoms with Gasteiger partial charge in [0.05, 0.1) is 6.42 Å². The number of amides is 1. The molecule has 1 aliphatic carbocycles. The van der Waals surface area contributed by atoms with Crippen molar-refractivity contribution < 1.29 is 13.6 Å². The fraction of sp³-hybridized carbons (Fsp3) is 0.562. The number of nitrogens with two attached hydrogens (primary N) is 1. The van der Waals surface area contributed by atoms with Gasteiger partial charge in [-0.05, 0) is 37.3 Å². The highest BCUT2D eigenvalue weighted by Gasteiger charge is 2.24. The van der Waals surface area contributed by atoms with Crippen LogP contribution in [0.15, 0.2) is 18.2 Å². The third-order valence-corrected chi connectivity index (χ3v) is 4.31. The smallest absolute Gasteiger partial charge is 0.224 e. The van der Waals surface area contributed by atoms with Crippen LogP contribution in [0.3, 0.4) is 0 Å².